The zero-order valence-electron chi connectivity index (χ0n) is 13.3. The second kappa shape index (κ2) is 8.42. The van der Waals surface area contributed by atoms with Gasteiger partial charge in [-0.15, -0.1) is 13.2 Å². The van der Waals surface area contributed by atoms with Crippen molar-refractivity contribution in [3.8, 4) is 0 Å². The van der Waals surface area contributed by atoms with E-state index in [4.69, 9.17) is 9.47 Å². The van der Waals surface area contributed by atoms with Crippen LogP contribution in [0.4, 0.5) is 4.79 Å². The number of imide groups is 1. The molecule has 0 saturated carbocycles. The van der Waals surface area contributed by atoms with Crippen LogP contribution in [0.25, 0.3) is 0 Å². The Morgan fingerprint density at radius 2 is 2.12 bits per heavy atom. The molecule has 6 heteroatoms. The second-order valence-corrected chi connectivity index (χ2v) is 5.40. The lowest BCUT2D eigenvalue weighted by Crippen LogP contribution is -2.50. The standard InChI is InChI=1S/C18H21NO5/c1-3-10-23-16(15(20)4-2)17(21)19-14(12-24-18(19)22)11-13-8-6-5-7-9-13/h3-9,14-16,20H,1-2,10-12H2/t14-,15+,16-/m0/s1. The number of hydrogen-bond acceptors (Lipinski definition) is 5. The molecule has 0 aliphatic carbocycles. The molecule has 0 aromatic heterocycles. The first-order chi connectivity index (χ1) is 11.6. The van der Waals surface area contributed by atoms with E-state index in [2.05, 4.69) is 13.2 Å². The minimum Gasteiger partial charge on any atom is -0.447 e. The number of benzene rings is 1. The number of hydrogen-bond donors (Lipinski definition) is 1. The number of cyclic esters (lactones) is 1. The van der Waals surface area contributed by atoms with E-state index in [9.17, 15) is 14.7 Å². The monoisotopic (exact) mass is 331 g/mol. The van der Waals surface area contributed by atoms with Gasteiger partial charge in [-0.05, 0) is 12.0 Å². The van der Waals surface area contributed by atoms with Crippen LogP contribution in [0.3, 0.4) is 0 Å². The summed E-state index contributed by atoms with van der Waals surface area (Å²) in [5.41, 5.74) is 0.978. The van der Waals surface area contributed by atoms with Crippen LogP contribution in [-0.4, -0.2) is 53.5 Å². The maximum absolute atomic E-state index is 12.7. The first-order valence-electron chi connectivity index (χ1n) is 7.65. The highest BCUT2D eigenvalue weighted by atomic mass is 16.6. The molecule has 0 spiro atoms. The highest BCUT2D eigenvalue weighted by Crippen LogP contribution is 2.20. The summed E-state index contributed by atoms with van der Waals surface area (Å²) in [7, 11) is 0. The zero-order valence-corrected chi connectivity index (χ0v) is 13.3. The molecule has 2 rings (SSSR count). The summed E-state index contributed by atoms with van der Waals surface area (Å²) >= 11 is 0. The van der Waals surface area contributed by atoms with Gasteiger partial charge in [-0.3, -0.25) is 4.79 Å². The van der Waals surface area contributed by atoms with Gasteiger partial charge >= 0.3 is 6.09 Å². The van der Waals surface area contributed by atoms with E-state index in [1.165, 1.54) is 12.2 Å². The van der Waals surface area contributed by atoms with E-state index >= 15 is 0 Å². The van der Waals surface area contributed by atoms with Crippen molar-refractivity contribution < 1.29 is 24.2 Å². The smallest absolute Gasteiger partial charge is 0.417 e. The molecule has 6 nitrogen and oxygen atoms in total. The quantitative estimate of drug-likeness (QED) is 0.734. The van der Waals surface area contributed by atoms with Crippen LogP contribution in [0.15, 0.2) is 55.6 Å². The van der Waals surface area contributed by atoms with Crippen molar-refractivity contribution in [2.24, 2.45) is 0 Å². The summed E-state index contributed by atoms with van der Waals surface area (Å²) in [5.74, 6) is -0.646. The number of carbonyl (C=O) groups is 2. The molecule has 1 aliphatic rings. The van der Waals surface area contributed by atoms with Gasteiger partial charge in [-0.1, -0.05) is 42.5 Å². The van der Waals surface area contributed by atoms with Gasteiger partial charge < -0.3 is 14.6 Å². The van der Waals surface area contributed by atoms with Crippen molar-refractivity contribution in [1.29, 1.82) is 0 Å². The molecule has 0 unspecified atom stereocenters. The largest absolute Gasteiger partial charge is 0.447 e. The molecule has 1 heterocycles. The van der Waals surface area contributed by atoms with Crippen LogP contribution in [0.5, 0.6) is 0 Å². The predicted octanol–water partition coefficient (Wildman–Crippen LogP) is 1.69. The Morgan fingerprint density at radius 1 is 1.42 bits per heavy atom. The maximum atomic E-state index is 12.7. The van der Waals surface area contributed by atoms with Crippen molar-refractivity contribution >= 4 is 12.0 Å². The summed E-state index contributed by atoms with van der Waals surface area (Å²) in [6.07, 6.45) is -0.0764. The Morgan fingerprint density at radius 3 is 2.75 bits per heavy atom. The molecule has 1 aliphatic heterocycles. The Hall–Kier alpha value is -2.44. The van der Waals surface area contributed by atoms with Gasteiger partial charge in [-0.2, -0.15) is 0 Å². The lowest BCUT2D eigenvalue weighted by atomic mass is 10.0. The molecule has 1 N–H and O–H groups in total. The van der Waals surface area contributed by atoms with E-state index in [1.807, 2.05) is 30.3 Å². The van der Waals surface area contributed by atoms with Gasteiger partial charge in [0.05, 0.1) is 12.6 Å². The number of ether oxygens (including phenoxy) is 2. The number of carbonyl (C=O) groups excluding carboxylic acids is 2. The fourth-order valence-corrected chi connectivity index (χ4v) is 2.52. The van der Waals surface area contributed by atoms with Crippen LogP contribution in [0.1, 0.15) is 5.56 Å². The maximum Gasteiger partial charge on any atom is 0.417 e. The molecule has 1 fully saturated rings. The average Bonchev–Trinajstić information content (AvgIpc) is 2.96. The third kappa shape index (κ3) is 4.10. The molecule has 1 saturated heterocycles. The minimum atomic E-state index is -1.23. The predicted molar refractivity (Wildman–Crippen MR) is 88.3 cm³/mol. The van der Waals surface area contributed by atoms with Crippen molar-refractivity contribution in [2.45, 2.75) is 24.7 Å². The number of aliphatic hydroxyl groups excluding tert-OH is 1. The van der Waals surface area contributed by atoms with E-state index in [0.717, 1.165) is 10.5 Å². The van der Waals surface area contributed by atoms with Gasteiger partial charge in [0.1, 0.15) is 12.7 Å². The van der Waals surface area contributed by atoms with Gasteiger partial charge in [0.2, 0.25) is 0 Å². The molecule has 0 radical (unpaired) electrons. The molecule has 128 valence electrons. The SMILES string of the molecule is C=CCO[C@H](C(=O)N1C(=O)OC[C@@H]1Cc1ccccc1)[C@H](O)C=C. The van der Waals surface area contributed by atoms with Crippen molar-refractivity contribution in [3.05, 3.63) is 61.2 Å². The normalized spacial score (nSPS) is 19.5. The molecule has 0 bridgehead atoms. The highest BCUT2D eigenvalue weighted by Gasteiger charge is 2.42. The first kappa shape index (κ1) is 17.9. The number of aliphatic hydroxyl groups is 1. The third-order valence-corrected chi connectivity index (χ3v) is 3.70. The van der Waals surface area contributed by atoms with Crippen LogP contribution in [0.2, 0.25) is 0 Å². The van der Waals surface area contributed by atoms with Crippen LogP contribution in [-0.2, 0) is 20.7 Å². The van der Waals surface area contributed by atoms with E-state index in [0.29, 0.717) is 6.42 Å². The molecule has 24 heavy (non-hydrogen) atoms. The number of amides is 2. The van der Waals surface area contributed by atoms with E-state index in [1.54, 1.807) is 0 Å². The third-order valence-electron chi connectivity index (χ3n) is 3.70. The lowest BCUT2D eigenvalue weighted by Gasteiger charge is -2.26. The van der Waals surface area contributed by atoms with Gasteiger partial charge in [0, 0.05) is 0 Å². The Bertz CT molecular complexity index is 601. The van der Waals surface area contributed by atoms with Gasteiger partial charge in [0.15, 0.2) is 6.10 Å². The van der Waals surface area contributed by atoms with E-state index < -0.39 is 30.3 Å². The van der Waals surface area contributed by atoms with Crippen LogP contribution >= 0.6 is 0 Å². The molecule has 1 aromatic rings. The molecular formula is C18H21NO5. The summed E-state index contributed by atoms with van der Waals surface area (Å²) in [4.78, 5) is 25.7. The first-order valence-corrected chi connectivity index (χ1v) is 7.65. The van der Waals surface area contributed by atoms with Crippen molar-refractivity contribution in [1.82, 2.24) is 4.90 Å². The summed E-state index contributed by atoms with van der Waals surface area (Å²) < 4.78 is 10.3. The van der Waals surface area contributed by atoms with Crippen molar-refractivity contribution in [3.63, 3.8) is 0 Å². The molecule has 1 aromatic carbocycles. The van der Waals surface area contributed by atoms with Gasteiger partial charge in [0.25, 0.3) is 5.91 Å². The minimum absolute atomic E-state index is 0.0630. The second-order valence-electron chi connectivity index (χ2n) is 5.40. The number of nitrogens with zero attached hydrogens (tertiary/aromatic N) is 1. The number of rotatable bonds is 8. The van der Waals surface area contributed by atoms with E-state index in [-0.39, 0.29) is 13.2 Å². The summed E-state index contributed by atoms with van der Waals surface area (Å²) in [6, 6.07) is 9.04. The topological polar surface area (TPSA) is 76.1 Å². The summed E-state index contributed by atoms with van der Waals surface area (Å²) in [5, 5.41) is 9.96. The zero-order chi connectivity index (χ0) is 17.5. The van der Waals surface area contributed by atoms with Gasteiger partial charge in [-0.25, -0.2) is 9.69 Å². The Balaban J connectivity index is 2.17. The van der Waals surface area contributed by atoms with Crippen molar-refractivity contribution in [2.75, 3.05) is 13.2 Å². The Kier molecular flexibility index (Phi) is 6.28. The van der Waals surface area contributed by atoms with Crippen LogP contribution in [0, 0.1) is 0 Å². The average molecular weight is 331 g/mol. The summed E-state index contributed by atoms with van der Waals surface area (Å²) in [6.45, 7) is 7.15. The highest BCUT2D eigenvalue weighted by molar-refractivity contribution is 5.96. The lowest BCUT2D eigenvalue weighted by molar-refractivity contribution is -0.146. The fourth-order valence-electron chi connectivity index (χ4n) is 2.52. The molecule has 2 amide bonds. The molecular weight excluding hydrogens is 310 g/mol. The Labute approximate surface area is 141 Å². The fraction of sp³-hybridized carbons (Fsp3) is 0.333. The molecule has 3 atom stereocenters. The van der Waals surface area contributed by atoms with Crippen LogP contribution < -0.4 is 0 Å².